The van der Waals surface area contributed by atoms with E-state index in [-0.39, 0.29) is 5.56 Å². The van der Waals surface area contributed by atoms with Gasteiger partial charge in [0.1, 0.15) is 5.75 Å². The van der Waals surface area contributed by atoms with Gasteiger partial charge >= 0.3 is 0 Å². The SMILES string of the molecule is CCN(CC)CCN(Cc1cc2ccc(C)c(C)c2[nH]c1=O)C(=S)Nc1ccc(OC)cc1. The monoisotopic (exact) mass is 466 g/mol. The third kappa shape index (κ3) is 6.12. The van der Waals surface area contributed by atoms with Gasteiger partial charge in [0.25, 0.3) is 5.56 Å². The molecule has 6 nitrogen and oxygen atoms in total. The first-order valence-corrected chi connectivity index (χ1v) is 11.8. The van der Waals surface area contributed by atoms with Gasteiger partial charge in [-0.2, -0.15) is 0 Å². The van der Waals surface area contributed by atoms with Gasteiger partial charge in [-0.1, -0.05) is 26.0 Å². The van der Waals surface area contributed by atoms with Gasteiger partial charge in [0.05, 0.1) is 19.2 Å². The van der Waals surface area contributed by atoms with Crippen LogP contribution in [0.4, 0.5) is 5.69 Å². The third-order valence-corrected chi connectivity index (χ3v) is 6.56. The van der Waals surface area contributed by atoms with Crippen molar-refractivity contribution in [2.24, 2.45) is 0 Å². The van der Waals surface area contributed by atoms with Crippen molar-refractivity contribution in [1.82, 2.24) is 14.8 Å². The lowest BCUT2D eigenvalue weighted by Crippen LogP contribution is -2.41. The van der Waals surface area contributed by atoms with Gasteiger partial charge in [-0.15, -0.1) is 0 Å². The molecule has 33 heavy (non-hydrogen) atoms. The molecule has 0 saturated heterocycles. The largest absolute Gasteiger partial charge is 0.497 e. The molecule has 0 bridgehead atoms. The van der Waals surface area contributed by atoms with E-state index in [0.717, 1.165) is 53.1 Å². The number of fused-ring (bicyclic) bond motifs is 1. The highest BCUT2D eigenvalue weighted by Gasteiger charge is 2.15. The number of aromatic nitrogens is 1. The van der Waals surface area contributed by atoms with E-state index in [1.807, 2.05) is 37.3 Å². The second-order valence-electron chi connectivity index (χ2n) is 8.20. The minimum Gasteiger partial charge on any atom is -0.497 e. The Hall–Kier alpha value is -2.90. The maximum absolute atomic E-state index is 13.0. The smallest absolute Gasteiger partial charge is 0.253 e. The van der Waals surface area contributed by atoms with Crippen LogP contribution in [0.2, 0.25) is 0 Å². The Morgan fingerprint density at radius 3 is 2.39 bits per heavy atom. The average Bonchev–Trinajstić information content (AvgIpc) is 2.82. The van der Waals surface area contributed by atoms with Crippen molar-refractivity contribution in [3.8, 4) is 5.75 Å². The van der Waals surface area contributed by atoms with Crippen LogP contribution in [0.1, 0.15) is 30.5 Å². The van der Waals surface area contributed by atoms with E-state index in [1.165, 1.54) is 0 Å². The minimum atomic E-state index is -0.0729. The fraction of sp³-hybridized carbons (Fsp3) is 0.385. The van der Waals surface area contributed by atoms with E-state index < -0.39 is 0 Å². The van der Waals surface area contributed by atoms with Gasteiger partial charge in [0.15, 0.2) is 5.11 Å². The van der Waals surface area contributed by atoms with Crippen molar-refractivity contribution in [3.05, 3.63) is 69.5 Å². The third-order valence-electron chi connectivity index (χ3n) is 6.20. The zero-order chi connectivity index (χ0) is 24.0. The van der Waals surface area contributed by atoms with E-state index in [9.17, 15) is 4.79 Å². The summed E-state index contributed by atoms with van der Waals surface area (Å²) in [7, 11) is 1.64. The molecule has 7 heteroatoms. The van der Waals surface area contributed by atoms with Crippen molar-refractivity contribution in [3.63, 3.8) is 0 Å². The molecule has 0 amide bonds. The number of anilines is 1. The quantitative estimate of drug-likeness (QED) is 0.446. The number of aryl methyl sites for hydroxylation is 2. The maximum atomic E-state index is 13.0. The molecule has 2 N–H and O–H groups in total. The number of thiocarbonyl (C=S) groups is 1. The first-order chi connectivity index (χ1) is 15.9. The Kier molecular flexibility index (Phi) is 8.47. The second kappa shape index (κ2) is 11.3. The number of nitrogens with one attached hydrogen (secondary N) is 2. The fourth-order valence-corrected chi connectivity index (χ4v) is 4.10. The fourth-order valence-electron chi connectivity index (χ4n) is 3.82. The number of ether oxygens (including phenoxy) is 1. The normalized spacial score (nSPS) is 11.1. The number of H-pyrrole nitrogens is 1. The predicted molar refractivity (Wildman–Crippen MR) is 141 cm³/mol. The van der Waals surface area contributed by atoms with Crippen molar-refractivity contribution < 1.29 is 4.74 Å². The molecule has 176 valence electrons. The number of hydrogen-bond donors (Lipinski definition) is 2. The zero-order valence-corrected chi connectivity index (χ0v) is 21.0. The van der Waals surface area contributed by atoms with E-state index >= 15 is 0 Å². The van der Waals surface area contributed by atoms with Gasteiger partial charge in [0.2, 0.25) is 0 Å². The highest BCUT2D eigenvalue weighted by Crippen LogP contribution is 2.20. The molecule has 1 aromatic heterocycles. The van der Waals surface area contributed by atoms with E-state index in [0.29, 0.717) is 23.8 Å². The number of pyridine rings is 1. The summed E-state index contributed by atoms with van der Waals surface area (Å²) in [6.45, 7) is 12.4. The van der Waals surface area contributed by atoms with Crippen LogP contribution in [0.5, 0.6) is 5.75 Å². The van der Waals surface area contributed by atoms with Crippen molar-refractivity contribution in [2.75, 3.05) is 38.6 Å². The number of benzene rings is 2. The van der Waals surface area contributed by atoms with Crippen molar-refractivity contribution in [1.29, 1.82) is 0 Å². The summed E-state index contributed by atoms with van der Waals surface area (Å²) < 4.78 is 5.24. The molecule has 0 atom stereocenters. The van der Waals surface area contributed by atoms with Gasteiger partial charge in [-0.25, -0.2) is 0 Å². The van der Waals surface area contributed by atoms with Crippen LogP contribution in [-0.4, -0.2) is 53.2 Å². The summed E-state index contributed by atoms with van der Waals surface area (Å²) in [5, 5.41) is 4.94. The Labute approximate surface area is 201 Å². The van der Waals surface area contributed by atoms with Crippen LogP contribution >= 0.6 is 12.2 Å². The number of nitrogens with zero attached hydrogens (tertiary/aromatic N) is 2. The molecule has 0 aliphatic carbocycles. The Morgan fingerprint density at radius 1 is 1.06 bits per heavy atom. The zero-order valence-electron chi connectivity index (χ0n) is 20.2. The predicted octanol–water partition coefficient (Wildman–Crippen LogP) is 4.69. The molecule has 0 spiro atoms. The van der Waals surface area contributed by atoms with Crippen LogP contribution < -0.4 is 15.6 Å². The minimum absolute atomic E-state index is 0.0729. The first kappa shape index (κ1) is 24.7. The lowest BCUT2D eigenvalue weighted by atomic mass is 10.0. The van der Waals surface area contributed by atoms with Crippen molar-refractivity contribution in [2.45, 2.75) is 34.2 Å². The molecule has 0 radical (unpaired) electrons. The average molecular weight is 467 g/mol. The first-order valence-electron chi connectivity index (χ1n) is 11.4. The van der Waals surface area contributed by atoms with Crippen LogP contribution in [-0.2, 0) is 6.54 Å². The summed E-state index contributed by atoms with van der Waals surface area (Å²) in [5.74, 6) is 0.790. The van der Waals surface area contributed by atoms with Crippen LogP contribution in [0.3, 0.4) is 0 Å². The molecule has 0 aliphatic rings. The maximum Gasteiger partial charge on any atom is 0.253 e. The lowest BCUT2D eigenvalue weighted by Gasteiger charge is -2.29. The summed E-state index contributed by atoms with van der Waals surface area (Å²) in [6.07, 6.45) is 0. The van der Waals surface area contributed by atoms with E-state index in [4.69, 9.17) is 17.0 Å². The van der Waals surface area contributed by atoms with Gasteiger partial charge < -0.3 is 24.8 Å². The molecule has 1 heterocycles. The molecule has 0 unspecified atom stereocenters. The highest BCUT2D eigenvalue weighted by molar-refractivity contribution is 7.80. The summed E-state index contributed by atoms with van der Waals surface area (Å²) in [5.41, 5.74) is 4.67. The van der Waals surface area contributed by atoms with E-state index in [2.05, 4.69) is 53.0 Å². The number of methoxy groups -OCH3 is 1. The number of aromatic amines is 1. The molecular weight excluding hydrogens is 432 g/mol. The molecule has 3 rings (SSSR count). The van der Waals surface area contributed by atoms with Crippen LogP contribution in [0.15, 0.2) is 47.3 Å². The van der Waals surface area contributed by atoms with E-state index in [1.54, 1.807) is 7.11 Å². The van der Waals surface area contributed by atoms with Gasteiger partial charge in [-0.3, -0.25) is 4.79 Å². The lowest BCUT2D eigenvalue weighted by molar-refractivity contribution is 0.266. The highest BCUT2D eigenvalue weighted by atomic mass is 32.1. The van der Waals surface area contributed by atoms with Crippen molar-refractivity contribution >= 4 is 33.9 Å². The topological polar surface area (TPSA) is 60.6 Å². The van der Waals surface area contributed by atoms with Gasteiger partial charge in [0, 0.05) is 24.3 Å². The van der Waals surface area contributed by atoms with Gasteiger partial charge in [-0.05, 0) is 86.0 Å². The summed E-state index contributed by atoms with van der Waals surface area (Å²) in [6, 6.07) is 13.8. The van der Waals surface area contributed by atoms with Crippen LogP contribution in [0, 0.1) is 13.8 Å². The Bertz CT molecular complexity index is 1150. The molecule has 0 aliphatic heterocycles. The number of likely N-dealkylation sites (N-methyl/N-ethyl adjacent to an activating group) is 1. The number of rotatable bonds is 9. The molecule has 0 fully saturated rings. The molecule has 2 aromatic carbocycles. The molecule has 3 aromatic rings. The standard InChI is InChI=1S/C26H34N4O2S/c1-6-29(7-2)14-15-30(26(33)27-22-10-12-23(32-5)13-11-22)17-21-16-20-9-8-18(3)19(4)24(20)28-25(21)31/h8-13,16H,6-7,14-15,17H2,1-5H3,(H,27,33)(H,28,31). The molecular formula is C26H34N4O2S. The molecule has 0 saturated carbocycles. The summed E-state index contributed by atoms with van der Waals surface area (Å²) >= 11 is 5.77. The Balaban J connectivity index is 1.86. The summed E-state index contributed by atoms with van der Waals surface area (Å²) in [4.78, 5) is 20.5. The van der Waals surface area contributed by atoms with Crippen LogP contribution in [0.25, 0.3) is 10.9 Å². The number of hydrogen-bond acceptors (Lipinski definition) is 4. The second-order valence-corrected chi connectivity index (χ2v) is 8.59. The Morgan fingerprint density at radius 2 is 1.76 bits per heavy atom.